The Balaban J connectivity index is 2.71. The Labute approximate surface area is 97.1 Å². The molecule has 1 aromatic rings. The molecule has 0 heterocycles. The van der Waals surface area contributed by atoms with E-state index in [4.69, 9.17) is 10.2 Å². The lowest BCUT2D eigenvalue weighted by atomic mass is 10.0. The SMILES string of the molecule is Cc1cccc(CNC(C)(CO)CO)c1C. The zero-order valence-electron chi connectivity index (χ0n) is 10.2. The molecular formula is C13H21NO2. The van der Waals surface area contributed by atoms with Crippen LogP contribution in [-0.2, 0) is 6.54 Å². The van der Waals surface area contributed by atoms with Crippen molar-refractivity contribution in [3.05, 3.63) is 34.9 Å². The van der Waals surface area contributed by atoms with Gasteiger partial charge >= 0.3 is 0 Å². The van der Waals surface area contributed by atoms with Gasteiger partial charge in [-0.25, -0.2) is 0 Å². The maximum Gasteiger partial charge on any atom is 0.0633 e. The topological polar surface area (TPSA) is 52.5 Å². The van der Waals surface area contributed by atoms with E-state index >= 15 is 0 Å². The highest BCUT2D eigenvalue weighted by atomic mass is 16.3. The average molecular weight is 223 g/mol. The molecule has 3 heteroatoms. The van der Waals surface area contributed by atoms with Crippen LogP contribution in [0.3, 0.4) is 0 Å². The molecule has 1 rings (SSSR count). The molecule has 0 spiro atoms. The quantitative estimate of drug-likeness (QED) is 0.701. The summed E-state index contributed by atoms with van der Waals surface area (Å²) in [5, 5.41) is 21.5. The van der Waals surface area contributed by atoms with Crippen LogP contribution in [0, 0.1) is 13.8 Å². The molecule has 0 bridgehead atoms. The van der Waals surface area contributed by atoms with Crippen molar-refractivity contribution in [1.82, 2.24) is 5.32 Å². The van der Waals surface area contributed by atoms with E-state index in [1.54, 1.807) is 6.92 Å². The fourth-order valence-corrected chi connectivity index (χ4v) is 1.47. The summed E-state index contributed by atoms with van der Waals surface area (Å²) in [5.41, 5.74) is 3.10. The van der Waals surface area contributed by atoms with Crippen molar-refractivity contribution in [2.45, 2.75) is 32.9 Å². The van der Waals surface area contributed by atoms with E-state index in [2.05, 4.69) is 31.3 Å². The summed E-state index contributed by atoms with van der Waals surface area (Å²) in [4.78, 5) is 0. The first-order chi connectivity index (χ1) is 7.52. The minimum atomic E-state index is -0.615. The Bertz CT molecular complexity index is 346. The first kappa shape index (κ1) is 13.2. The molecule has 0 aliphatic rings. The van der Waals surface area contributed by atoms with Crippen molar-refractivity contribution >= 4 is 0 Å². The van der Waals surface area contributed by atoms with Crippen molar-refractivity contribution < 1.29 is 10.2 Å². The Morgan fingerprint density at radius 3 is 2.38 bits per heavy atom. The van der Waals surface area contributed by atoms with Gasteiger partial charge in [-0.1, -0.05) is 18.2 Å². The molecule has 0 saturated heterocycles. The van der Waals surface area contributed by atoms with E-state index in [-0.39, 0.29) is 13.2 Å². The number of benzene rings is 1. The van der Waals surface area contributed by atoms with Crippen LogP contribution in [0.25, 0.3) is 0 Å². The lowest BCUT2D eigenvalue weighted by Crippen LogP contribution is -2.48. The number of hydrogen-bond donors (Lipinski definition) is 3. The molecule has 90 valence electrons. The van der Waals surface area contributed by atoms with Crippen molar-refractivity contribution in [3.8, 4) is 0 Å². The highest BCUT2D eigenvalue weighted by Crippen LogP contribution is 2.13. The molecule has 3 N–H and O–H groups in total. The Hall–Kier alpha value is -0.900. The zero-order chi connectivity index (χ0) is 12.2. The van der Waals surface area contributed by atoms with E-state index in [9.17, 15) is 0 Å². The molecule has 0 radical (unpaired) electrons. The monoisotopic (exact) mass is 223 g/mol. The van der Waals surface area contributed by atoms with Gasteiger partial charge in [-0.15, -0.1) is 0 Å². The minimum Gasteiger partial charge on any atom is -0.394 e. The van der Waals surface area contributed by atoms with Gasteiger partial charge in [0.25, 0.3) is 0 Å². The molecule has 0 aliphatic heterocycles. The zero-order valence-corrected chi connectivity index (χ0v) is 10.2. The first-order valence-electron chi connectivity index (χ1n) is 5.54. The van der Waals surface area contributed by atoms with E-state index in [1.807, 2.05) is 6.07 Å². The molecule has 0 fully saturated rings. The van der Waals surface area contributed by atoms with Crippen LogP contribution < -0.4 is 5.32 Å². The van der Waals surface area contributed by atoms with E-state index in [0.29, 0.717) is 6.54 Å². The van der Waals surface area contributed by atoms with Gasteiger partial charge in [-0.3, -0.25) is 0 Å². The minimum absolute atomic E-state index is 0.0750. The van der Waals surface area contributed by atoms with E-state index in [0.717, 1.165) is 0 Å². The normalized spacial score (nSPS) is 11.8. The smallest absolute Gasteiger partial charge is 0.0633 e. The predicted molar refractivity (Wildman–Crippen MR) is 65.3 cm³/mol. The third-order valence-electron chi connectivity index (χ3n) is 3.12. The van der Waals surface area contributed by atoms with Gasteiger partial charge in [0.1, 0.15) is 0 Å². The third kappa shape index (κ3) is 3.04. The summed E-state index contributed by atoms with van der Waals surface area (Å²) in [6, 6.07) is 6.16. The third-order valence-corrected chi connectivity index (χ3v) is 3.12. The second-order valence-electron chi connectivity index (χ2n) is 4.59. The maximum atomic E-state index is 9.16. The van der Waals surface area contributed by atoms with Gasteiger partial charge < -0.3 is 15.5 Å². The largest absolute Gasteiger partial charge is 0.394 e. The van der Waals surface area contributed by atoms with Crippen LogP contribution in [0.2, 0.25) is 0 Å². The maximum absolute atomic E-state index is 9.16. The van der Waals surface area contributed by atoms with Crippen LogP contribution >= 0.6 is 0 Å². The van der Waals surface area contributed by atoms with Crippen molar-refractivity contribution in [2.24, 2.45) is 0 Å². The van der Waals surface area contributed by atoms with Gasteiger partial charge in [0.05, 0.1) is 18.8 Å². The standard InChI is InChI=1S/C13H21NO2/c1-10-5-4-6-12(11(10)2)7-14-13(3,8-15)9-16/h4-6,14-16H,7-9H2,1-3H3. The van der Waals surface area contributed by atoms with Gasteiger partial charge in [-0.2, -0.15) is 0 Å². The molecule has 16 heavy (non-hydrogen) atoms. The van der Waals surface area contributed by atoms with Crippen LogP contribution in [-0.4, -0.2) is 29.0 Å². The summed E-state index contributed by atoms with van der Waals surface area (Å²) in [6.45, 7) is 6.48. The summed E-state index contributed by atoms with van der Waals surface area (Å²) >= 11 is 0. The molecule has 0 saturated carbocycles. The second kappa shape index (κ2) is 5.43. The number of hydrogen-bond acceptors (Lipinski definition) is 3. The summed E-state index contributed by atoms with van der Waals surface area (Å²) < 4.78 is 0. The molecule has 3 nitrogen and oxygen atoms in total. The van der Waals surface area contributed by atoms with Gasteiger partial charge in [0.15, 0.2) is 0 Å². The molecule has 1 aromatic carbocycles. The number of aliphatic hydroxyl groups is 2. The number of nitrogens with one attached hydrogen (secondary N) is 1. The molecule has 0 unspecified atom stereocenters. The van der Waals surface area contributed by atoms with Gasteiger partial charge in [-0.05, 0) is 37.5 Å². The summed E-state index contributed by atoms with van der Waals surface area (Å²) in [7, 11) is 0. The van der Waals surface area contributed by atoms with Crippen LogP contribution in [0.4, 0.5) is 0 Å². The number of aryl methyl sites for hydroxylation is 1. The summed E-state index contributed by atoms with van der Waals surface area (Å²) in [6.07, 6.45) is 0. The van der Waals surface area contributed by atoms with Crippen LogP contribution in [0.15, 0.2) is 18.2 Å². The predicted octanol–water partition coefficient (Wildman–Crippen LogP) is 1.14. The molecular weight excluding hydrogens is 202 g/mol. The van der Waals surface area contributed by atoms with Crippen molar-refractivity contribution in [3.63, 3.8) is 0 Å². The van der Waals surface area contributed by atoms with Gasteiger partial charge in [0, 0.05) is 6.54 Å². The van der Waals surface area contributed by atoms with Crippen LogP contribution in [0.5, 0.6) is 0 Å². The van der Waals surface area contributed by atoms with Crippen molar-refractivity contribution in [2.75, 3.05) is 13.2 Å². The molecule has 0 aliphatic carbocycles. The molecule has 0 aromatic heterocycles. The lowest BCUT2D eigenvalue weighted by Gasteiger charge is -2.26. The highest BCUT2D eigenvalue weighted by molar-refractivity contribution is 5.33. The first-order valence-corrected chi connectivity index (χ1v) is 5.54. The Morgan fingerprint density at radius 1 is 1.19 bits per heavy atom. The average Bonchev–Trinajstić information content (AvgIpc) is 2.31. The summed E-state index contributed by atoms with van der Waals surface area (Å²) in [5.74, 6) is 0. The fraction of sp³-hybridized carbons (Fsp3) is 0.538. The highest BCUT2D eigenvalue weighted by Gasteiger charge is 2.21. The van der Waals surface area contributed by atoms with E-state index in [1.165, 1.54) is 16.7 Å². The molecule has 0 amide bonds. The fourth-order valence-electron chi connectivity index (χ4n) is 1.47. The number of rotatable bonds is 5. The van der Waals surface area contributed by atoms with Crippen LogP contribution in [0.1, 0.15) is 23.6 Å². The molecule has 0 atom stereocenters. The second-order valence-corrected chi connectivity index (χ2v) is 4.59. The Morgan fingerprint density at radius 2 is 1.81 bits per heavy atom. The lowest BCUT2D eigenvalue weighted by molar-refractivity contribution is 0.103. The van der Waals surface area contributed by atoms with Gasteiger partial charge in [0.2, 0.25) is 0 Å². The number of aliphatic hydroxyl groups excluding tert-OH is 2. The Kier molecular flexibility index (Phi) is 4.47. The van der Waals surface area contributed by atoms with Crippen molar-refractivity contribution in [1.29, 1.82) is 0 Å². The van der Waals surface area contributed by atoms with E-state index < -0.39 is 5.54 Å².